The fourth-order valence-corrected chi connectivity index (χ4v) is 7.04. The number of fused-ring (bicyclic) bond motifs is 1. The largest absolute Gasteiger partial charge is 0.481 e. The fraction of sp³-hybridized carbons (Fsp3) is 0.361. The number of hydrogen-bond acceptors (Lipinski definition) is 8. The van der Waals surface area contributed by atoms with Gasteiger partial charge in [0.2, 0.25) is 11.8 Å². The zero-order chi connectivity index (χ0) is 33.1. The molecule has 0 spiro atoms. The Morgan fingerprint density at radius 2 is 1.89 bits per heavy atom. The van der Waals surface area contributed by atoms with Crippen LogP contribution in [0.25, 0.3) is 33.6 Å². The average molecular weight is 676 g/mol. The minimum absolute atomic E-state index is 0.104. The number of hydrogen-bond donors (Lipinski definition) is 3. The molecular weight excluding hydrogens is 635 g/mol. The summed E-state index contributed by atoms with van der Waals surface area (Å²) in [7, 11) is 3.70. The number of pyridine rings is 2. The lowest BCUT2D eigenvalue weighted by atomic mass is 9.98. The SMILES string of the molecule is COc1nc(-c2cccc(-c3ccnc(-c4ccc5c(c4)N(C)CCN(C[C@H](C)O)C5)c3Cl)c2Cl)ccc1CNC[C@@H]1CCC(=O)N1. The summed E-state index contributed by atoms with van der Waals surface area (Å²) in [5.74, 6) is 0.616. The van der Waals surface area contributed by atoms with Gasteiger partial charge in [-0.3, -0.25) is 14.7 Å². The highest BCUT2D eigenvalue weighted by Gasteiger charge is 2.23. The monoisotopic (exact) mass is 674 g/mol. The Bertz CT molecular complexity index is 1770. The van der Waals surface area contributed by atoms with Gasteiger partial charge in [0.25, 0.3) is 0 Å². The van der Waals surface area contributed by atoms with Crippen LogP contribution in [0.15, 0.2) is 60.8 Å². The highest BCUT2D eigenvalue weighted by molar-refractivity contribution is 6.39. The molecule has 4 heterocycles. The molecule has 9 nitrogen and oxygen atoms in total. The first-order chi connectivity index (χ1) is 22.7. The van der Waals surface area contributed by atoms with Crippen molar-refractivity contribution in [1.82, 2.24) is 25.5 Å². The van der Waals surface area contributed by atoms with E-state index in [1.165, 1.54) is 5.56 Å². The molecule has 1 amide bonds. The van der Waals surface area contributed by atoms with E-state index in [9.17, 15) is 9.90 Å². The van der Waals surface area contributed by atoms with Gasteiger partial charge in [0.1, 0.15) is 0 Å². The number of β-amino-alcohol motifs (C(OH)–C–C–N with tert-alkyl or cyclic N) is 1. The number of likely N-dealkylation sites (N-methyl/N-ethyl adjacent to an activating group) is 1. The van der Waals surface area contributed by atoms with Gasteiger partial charge in [0.15, 0.2) is 0 Å². The van der Waals surface area contributed by atoms with Gasteiger partial charge in [-0.25, -0.2) is 4.98 Å². The molecule has 2 aromatic carbocycles. The predicted octanol–water partition coefficient (Wildman–Crippen LogP) is 5.79. The van der Waals surface area contributed by atoms with Crippen LogP contribution in [0.5, 0.6) is 5.88 Å². The van der Waals surface area contributed by atoms with Gasteiger partial charge >= 0.3 is 0 Å². The van der Waals surface area contributed by atoms with E-state index in [0.717, 1.165) is 59.6 Å². The van der Waals surface area contributed by atoms with Crippen LogP contribution in [0, 0.1) is 0 Å². The van der Waals surface area contributed by atoms with Crippen molar-refractivity contribution in [2.75, 3.05) is 45.2 Å². The number of anilines is 1. The highest BCUT2D eigenvalue weighted by Crippen LogP contribution is 2.42. The van der Waals surface area contributed by atoms with E-state index in [2.05, 4.69) is 50.7 Å². The van der Waals surface area contributed by atoms with Crippen LogP contribution >= 0.6 is 23.2 Å². The molecule has 6 rings (SSSR count). The minimum Gasteiger partial charge on any atom is -0.481 e. The number of ether oxygens (including phenoxy) is 1. The number of aromatic nitrogens is 2. The third-order valence-corrected chi connectivity index (χ3v) is 9.61. The van der Waals surface area contributed by atoms with Crippen LogP contribution in [0.4, 0.5) is 5.69 Å². The van der Waals surface area contributed by atoms with Crippen LogP contribution in [0.1, 0.15) is 30.9 Å². The van der Waals surface area contributed by atoms with E-state index in [0.29, 0.717) is 53.4 Å². The maximum atomic E-state index is 11.5. The first-order valence-electron chi connectivity index (χ1n) is 15.9. The second-order valence-electron chi connectivity index (χ2n) is 12.3. The molecule has 0 radical (unpaired) electrons. The zero-order valence-corrected chi connectivity index (χ0v) is 28.4. The molecule has 47 heavy (non-hydrogen) atoms. The Morgan fingerprint density at radius 1 is 1.09 bits per heavy atom. The smallest absolute Gasteiger partial charge is 0.220 e. The van der Waals surface area contributed by atoms with E-state index in [4.69, 9.17) is 32.9 Å². The van der Waals surface area contributed by atoms with Gasteiger partial charge in [0, 0.05) is 98.5 Å². The van der Waals surface area contributed by atoms with E-state index in [1.54, 1.807) is 13.3 Å². The summed E-state index contributed by atoms with van der Waals surface area (Å²) in [6.45, 7) is 6.20. The van der Waals surface area contributed by atoms with E-state index < -0.39 is 0 Å². The molecule has 2 aliphatic heterocycles. The Kier molecular flexibility index (Phi) is 10.3. The topological polar surface area (TPSA) is 103 Å². The lowest BCUT2D eigenvalue weighted by molar-refractivity contribution is -0.119. The standard InChI is InChI=1S/C36H40Cl2N6O3/c1-22(45)20-44-16-15-43(2)31-17-23(7-8-25(31)21-44)35-34(38)28(13-14-40-35)27-5-4-6-29(33(27)37)30-11-9-24(36(42-30)47-3)18-39-19-26-10-12-32(46)41-26/h4-9,11,13-14,17,22,26,39,45H,10,12,15-16,18-21H2,1-3H3,(H,41,46)/t22-,26-/m0/s1. The molecule has 0 bridgehead atoms. The number of carbonyl (C=O) groups excluding carboxylic acids is 1. The van der Waals surface area contributed by atoms with Crippen molar-refractivity contribution >= 4 is 34.8 Å². The lowest BCUT2D eigenvalue weighted by Crippen LogP contribution is -2.35. The Morgan fingerprint density at radius 3 is 2.66 bits per heavy atom. The van der Waals surface area contributed by atoms with Crippen molar-refractivity contribution in [3.05, 3.63) is 82.0 Å². The number of halogens is 2. The number of nitrogens with zero attached hydrogens (tertiary/aromatic N) is 4. The lowest BCUT2D eigenvalue weighted by Gasteiger charge is -2.21. The van der Waals surface area contributed by atoms with Crippen LogP contribution in [0.3, 0.4) is 0 Å². The summed E-state index contributed by atoms with van der Waals surface area (Å²) in [6, 6.07) is 18.1. The Hall–Kier alpha value is -3.73. The third kappa shape index (κ3) is 7.40. The van der Waals surface area contributed by atoms with Crippen molar-refractivity contribution in [2.45, 2.75) is 45.0 Å². The summed E-state index contributed by atoms with van der Waals surface area (Å²) in [4.78, 5) is 25.5. The maximum absolute atomic E-state index is 11.5. The van der Waals surface area contributed by atoms with Gasteiger partial charge in [-0.05, 0) is 37.1 Å². The number of aliphatic hydroxyl groups excluding tert-OH is 1. The Labute approximate surface area is 285 Å². The fourth-order valence-electron chi connectivity index (χ4n) is 6.39. The summed E-state index contributed by atoms with van der Waals surface area (Å²) in [5, 5.41) is 17.4. The first kappa shape index (κ1) is 33.2. The predicted molar refractivity (Wildman–Crippen MR) is 188 cm³/mol. The summed E-state index contributed by atoms with van der Waals surface area (Å²) >= 11 is 14.2. The Balaban J connectivity index is 1.26. The maximum Gasteiger partial charge on any atom is 0.220 e. The number of carbonyl (C=O) groups is 1. The quantitative estimate of drug-likeness (QED) is 0.194. The molecule has 0 unspecified atom stereocenters. The third-order valence-electron chi connectivity index (χ3n) is 8.82. The van der Waals surface area contributed by atoms with Crippen LogP contribution < -0.4 is 20.3 Å². The van der Waals surface area contributed by atoms with Crippen molar-refractivity contribution in [3.8, 4) is 39.5 Å². The minimum atomic E-state index is -0.379. The number of rotatable bonds is 10. The van der Waals surface area contributed by atoms with Crippen LogP contribution in [-0.2, 0) is 17.9 Å². The van der Waals surface area contributed by atoms with Crippen LogP contribution in [-0.4, -0.2) is 78.4 Å². The summed E-state index contributed by atoms with van der Waals surface area (Å²) < 4.78 is 5.65. The van der Waals surface area contributed by atoms with Gasteiger partial charge in [-0.15, -0.1) is 0 Å². The van der Waals surface area contributed by atoms with E-state index >= 15 is 0 Å². The molecule has 2 atom stereocenters. The van der Waals surface area contributed by atoms with Gasteiger partial charge in [0.05, 0.1) is 34.6 Å². The average Bonchev–Trinajstić information content (AvgIpc) is 3.41. The van der Waals surface area contributed by atoms with Crippen LogP contribution in [0.2, 0.25) is 10.0 Å². The molecule has 11 heteroatoms. The number of benzene rings is 2. The first-order valence-corrected chi connectivity index (χ1v) is 16.7. The van der Waals surface area contributed by atoms with Crippen molar-refractivity contribution in [2.24, 2.45) is 0 Å². The molecule has 246 valence electrons. The normalized spacial score (nSPS) is 17.3. The van der Waals surface area contributed by atoms with Gasteiger partial charge < -0.3 is 25.4 Å². The molecule has 0 saturated carbocycles. The number of amides is 1. The molecule has 0 aliphatic carbocycles. The summed E-state index contributed by atoms with van der Waals surface area (Å²) in [5.41, 5.74) is 7.85. The second-order valence-corrected chi connectivity index (χ2v) is 13.1. The molecular formula is C36H40Cl2N6O3. The molecule has 3 N–H and O–H groups in total. The van der Waals surface area contributed by atoms with Crippen molar-refractivity contribution in [1.29, 1.82) is 0 Å². The molecule has 4 aromatic rings. The zero-order valence-electron chi connectivity index (χ0n) is 26.9. The molecule has 2 aromatic heterocycles. The van der Waals surface area contributed by atoms with E-state index in [-0.39, 0.29) is 18.1 Å². The van der Waals surface area contributed by atoms with Crippen molar-refractivity contribution in [3.63, 3.8) is 0 Å². The molecule has 1 saturated heterocycles. The molecule has 2 aliphatic rings. The van der Waals surface area contributed by atoms with Gasteiger partial charge in [-0.2, -0.15) is 0 Å². The summed E-state index contributed by atoms with van der Waals surface area (Å²) in [6.07, 6.45) is 2.80. The van der Waals surface area contributed by atoms with E-state index in [1.807, 2.05) is 43.3 Å². The van der Waals surface area contributed by atoms with Gasteiger partial charge in [-0.1, -0.05) is 59.6 Å². The number of nitrogens with one attached hydrogen (secondary N) is 2. The highest BCUT2D eigenvalue weighted by atomic mass is 35.5. The number of methoxy groups -OCH3 is 1. The van der Waals surface area contributed by atoms with Crippen molar-refractivity contribution < 1.29 is 14.6 Å². The number of aliphatic hydroxyl groups is 1. The second kappa shape index (κ2) is 14.6. The molecule has 1 fully saturated rings.